The van der Waals surface area contributed by atoms with Gasteiger partial charge in [0.05, 0.1) is 17.9 Å². The first kappa shape index (κ1) is 26.4. The number of carboxylic acid groups (broad SMARTS) is 1. The van der Waals surface area contributed by atoms with E-state index in [1.165, 1.54) is 0 Å². The number of fused-ring (bicyclic) bond motifs is 1. The second-order valence-electron chi connectivity index (χ2n) is 11.5. The van der Waals surface area contributed by atoms with Gasteiger partial charge in [-0.05, 0) is 61.6 Å². The zero-order valence-corrected chi connectivity index (χ0v) is 22.4. The number of hydrogen-bond donors (Lipinski definition) is 2. The molecule has 7 nitrogen and oxygen atoms in total. The molecule has 4 unspecified atom stereocenters. The number of likely N-dealkylation sites (tertiary alicyclic amines) is 2. The lowest BCUT2D eigenvalue weighted by atomic mass is 9.94. The second-order valence-corrected chi connectivity index (χ2v) is 11.5. The van der Waals surface area contributed by atoms with E-state index in [-0.39, 0.29) is 17.9 Å². The van der Waals surface area contributed by atoms with Crippen molar-refractivity contribution < 1.29 is 19.5 Å². The molecule has 1 aliphatic carbocycles. The van der Waals surface area contributed by atoms with Crippen molar-refractivity contribution in [2.75, 3.05) is 32.7 Å². The molecule has 0 radical (unpaired) electrons. The summed E-state index contributed by atoms with van der Waals surface area (Å²) in [5, 5.41) is 12.7. The number of amides is 2. The molecule has 2 saturated heterocycles. The van der Waals surface area contributed by atoms with Crippen LogP contribution in [0, 0.1) is 37.5 Å². The number of nitrogens with one attached hydrogen (secondary N) is 1. The zero-order valence-electron chi connectivity index (χ0n) is 22.4. The van der Waals surface area contributed by atoms with Gasteiger partial charge in [-0.15, -0.1) is 0 Å². The van der Waals surface area contributed by atoms with Crippen molar-refractivity contribution in [2.45, 2.75) is 45.6 Å². The van der Waals surface area contributed by atoms with Crippen LogP contribution in [-0.4, -0.2) is 65.4 Å². The van der Waals surface area contributed by atoms with Gasteiger partial charge in [0.2, 0.25) is 5.91 Å². The van der Waals surface area contributed by atoms with Crippen LogP contribution in [0.4, 0.5) is 0 Å². The lowest BCUT2D eigenvalue weighted by Gasteiger charge is -2.26. The summed E-state index contributed by atoms with van der Waals surface area (Å²) in [6.45, 7) is 8.38. The Labute approximate surface area is 225 Å². The fourth-order valence-electron chi connectivity index (χ4n) is 6.92. The molecule has 5 rings (SSSR count). The average molecular weight is 518 g/mol. The topological polar surface area (TPSA) is 90.0 Å². The summed E-state index contributed by atoms with van der Waals surface area (Å²) in [5.41, 5.74) is 3.97. The Kier molecular flexibility index (Phi) is 7.84. The Bertz CT molecular complexity index is 1150. The van der Waals surface area contributed by atoms with Crippen LogP contribution in [0.25, 0.3) is 0 Å². The number of benzene rings is 2. The zero-order chi connectivity index (χ0) is 26.8. The van der Waals surface area contributed by atoms with Crippen LogP contribution >= 0.6 is 0 Å². The van der Waals surface area contributed by atoms with Gasteiger partial charge in [-0.2, -0.15) is 0 Å². The van der Waals surface area contributed by atoms with Crippen LogP contribution < -0.4 is 5.32 Å². The van der Waals surface area contributed by atoms with Crippen molar-refractivity contribution >= 4 is 17.8 Å². The molecule has 2 aromatic rings. The Morgan fingerprint density at radius 3 is 2.16 bits per heavy atom. The number of nitrogens with zero attached hydrogens (tertiary/aromatic N) is 2. The number of carbonyl (C=O) groups is 3. The predicted molar refractivity (Wildman–Crippen MR) is 146 cm³/mol. The molecule has 202 valence electrons. The molecule has 2 aromatic carbocycles. The van der Waals surface area contributed by atoms with E-state index in [1.54, 1.807) is 0 Å². The van der Waals surface area contributed by atoms with Gasteiger partial charge in [0.1, 0.15) is 0 Å². The predicted octanol–water partition coefficient (Wildman–Crippen LogP) is 4.06. The number of carboxylic acids is 1. The summed E-state index contributed by atoms with van der Waals surface area (Å²) in [6.07, 6.45) is 2.76. The maximum Gasteiger partial charge on any atom is 0.307 e. The van der Waals surface area contributed by atoms with Crippen LogP contribution in [0.15, 0.2) is 48.5 Å². The maximum atomic E-state index is 13.3. The van der Waals surface area contributed by atoms with Crippen molar-refractivity contribution in [1.29, 1.82) is 0 Å². The molecule has 0 spiro atoms. The van der Waals surface area contributed by atoms with Gasteiger partial charge in [0, 0.05) is 38.3 Å². The molecule has 3 fully saturated rings. The second kappa shape index (κ2) is 11.3. The molecule has 3 aliphatic rings. The Balaban J connectivity index is 1.18. The highest BCUT2D eigenvalue weighted by Gasteiger charge is 2.42. The highest BCUT2D eigenvalue weighted by molar-refractivity contribution is 5.97. The third kappa shape index (κ3) is 5.48. The molecule has 5 atom stereocenters. The van der Waals surface area contributed by atoms with Crippen molar-refractivity contribution in [2.24, 2.45) is 23.7 Å². The minimum atomic E-state index is -0.868. The highest BCUT2D eigenvalue weighted by atomic mass is 16.4. The third-order valence-electron chi connectivity index (χ3n) is 8.97. The molecule has 2 aliphatic heterocycles. The maximum absolute atomic E-state index is 13.3. The van der Waals surface area contributed by atoms with Crippen LogP contribution in [0.1, 0.15) is 58.8 Å². The molecular formula is C31H39N3O4. The first-order valence-corrected chi connectivity index (χ1v) is 14.0. The van der Waals surface area contributed by atoms with E-state index < -0.39 is 17.8 Å². The highest BCUT2D eigenvalue weighted by Crippen LogP contribution is 2.35. The fraction of sp³-hybridized carbons (Fsp3) is 0.516. The quantitative estimate of drug-likeness (QED) is 0.551. The molecule has 38 heavy (non-hydrogen) atoms. The molecule has 2 amide bonds. The number of rotatable bonds is 8. The van der Waals surface area contributed by atoms with Crippen LogP contribution in [0.3, 0.4) is 0 Å². The van der Waals surface area contributed by atoms with Gasteiger partial charge in [0.25, 0.3) is 5.91 Å². The Hall–Kier alpha value is -3.19. The minimum absolute atomic E-state index is 0.136. The molecule has 0 aromatic heterocycles. The molecule has 2 N–H and O–H groups in total. The number of aliphatic carboxylic acids is 1. The van der Waals surface area contributed by atoms with Gasteiger partial charge < -0.3 is 20.2 Å². The lowest BCUT2D eigenvalue weighted by molar-refractivity contribution is -0.146. The van der Waals surface area contributed by atoms with E-state index in [4.69, 9.17) is 0 Å². The van der Waals surface area contributed by atoms with Gasteiger partial charge in [0.15, 0.2) is 0 Å². The summed E-state index contributed by atoms with van der Waals surface area (Å²) in [4.78, 5) is 42.6. The fourth-order valence-corrected chi connectivity index (χ4v) is 6.92. The van der Waals surface area contributed by atoms with Crippen LogP contribution in [0.5, 0.6) is 0 Å². The Morgan fingerprint density at radius 2 is 1.53 bits per heavy atom. The van der Waals surface area contributed by atoms with E-state index in [1.807, 2.05) is 67.3 Å². The van der Waals surface area contributed by atoms with E-state index >= 15 is 0 Å². The van der Waals surface area contributed by atoms with Gasteiger partial charge in [-0.3, -0.25) is 14.4 Å². The van der Waals surface area contributed by atoms with E-state index in [9.17, 15) is 19.5 Å². The molecule has 1 saturated carbocycles. The van der Waals surface area contributed by atoms with Crippen LogP contribution in [-0.2, 0) is 9.59 Å². The first-order chi connectivity index (χ1) is 18.3. The number of carbonyl (C=O) groups excluding carboxylic acids is 2. The van der Waals surface area contributed by atoms with E-state index in [0.717, 1.165) is 67.8 Å². The molecular weight excluding hydrogens is 478 g/mol. The number of hydrogen-bond acceptors (Lipinski definition) is 4. The monoisotopic (exact) mass is 517 g/mol. The van der Waals surface area contributed by atoms with E-state index in [2.05, 4.69) is 10.2 Å². The van der Waals surface area contributed by atoms with Gasteiger partial charge >= 0.3 is 5.97 Å². The van der Waals surface area contributed by atoms with Crippen molar-refractivity contribution in [1.82, 2.24) is 15.1 Å². The smallest absolute Gasteiger partial charge is 0.307 e. The largest absolute Gasteiger partial charge is 0.481 e. The Morgan fingerprint density at radius 1 is 0.895 bits per heavy atom. The summed E-state index contributed by atoms with van der Waals surface area (Å²) in [7, 11) is 0. The van der Waals surface area contributed by atoms with Crippen molar-refractivity contribution in [3.8, 4) is 0 Å². The normalized spacial score (nSPS) is 25.8. The first-order valence-electron chi connectivity index (χ1n) is 14.0. The summed E-state index contributed by atoms with van der Waals surface area (Å²) >= 11 is 0. The molecule has 0 bridgehead atoms. The molecule has 2 heterocycles. The summed E-state index contributed by atoms with van der Waals surface area (Å²) in [5.74, 6) is -0.940. The summed E-state index contributed by atoms with van der Waals surface area (Å²) < 4.78 is 0. The third-order valence-corrected chi connectivity index (χ3v) is 8.97. The SMILES string of the molecule is Cc1cccc(C)c1C(=O)N1CC2CN(CC[C@H](NC(=O)C3CCCC3C(=O)O)c3ccccc3)CC2C1. The van der Waals surface area contributed by atoms with Crippen molar-refractivity contribution in [3.05, 3.63) is 70.8 Å². The van der Waals surface area contributed by atoms with Gasteiger partial charge in [-0.25, -0.2) is 0 Å². The molecule has 7 heteroatoms. The van der Waals surface area contributed by atoms with Crippen molar-refractivity contribution in [3.63, 3.8) is 0 Å². The lowest BCUT2D eigenvalue weighted by Crippen LogP contribution is -2.39. The van der Waals surface area contributed by atoms with E-state index in [0.29, 0.717) is 24.7 Å². The average Bonchev–Trinajstić information content (AvgIpc) is 3.62. The summed E-state index contributed by atoms with van der Waals surface area (Å²) in [6, 6.07) is 15.9. The van der Waals surface area contributed by atoms with Crippen LogP contribution in [0.2, 0.25) is 0 Å². The number of aryl methyl sites for hydroxylation is 2. The van der Waals surface area contributed by atoms with Gasteiger partial charge in [-0.1, -0.05) is 55.0 Å². The standard InChI is InChI=1S/C31H39N3O4/c1-20-8-6-9-21(2)28(20)30(36)34-18-23-16-33(17-24(23)19-34)15-14-27(22-10-4-3-5-11-22)32-29(35)25-12-7-13-26(25)31(37)38/h3-6,8-11,23-27H,7,12-19H2,1-2H3,(H,32,35)(H,37,38)/t23?,24?,25?,26?,27-/m0/s1. The minimum Gasteiger partial charge on any atom is -0.481 e.